The summed E-state index contributed by atoms with van der Waals surface area (Å²) in [6.07, 6.45) is 1.68. The van der Waals surface area contributed by atoms with Crippen LogP contribution >= 0.6 is 0 Å². The third kappa shape index (κ3) is 9.55. The van der Waals surface area contributed by atoms with Crippen molar-refractivity contribution in [2.75, 3.05) is 0 Å². The van der Waals surface area contributed by atoms with Crippen LogP contribution in [-0.4, -0.2) is 51.8 Å². The lowest BCUT2D eigenvalue weighted by Gasteiger charge is -2.24. The number of Topliss-reactive ketones (excluding diaryl/α,β-unsaturated/α-hetero) is 1. The van der Waals surface area contributed by atoms with Crippen LogP contribution in [0.5, 0.6) is 5.75 Å². The van der Waals surface area contributed by atoms with Gasteiger partial charge in [-0.05, 0) is 42.4 Å². The number of ketones is 1. The monoisotopic (exact) mass is 431 g/mol. The molecule has 1 aromatic rings. The number of benzene rings is 1. The Morgan fingerprint density at radius 2 is 1.55 bits per heavy atom. The topological polar surface area (TPSA) is 158 Å². The van der Waals surface area contributed by atoms with E-state index in [4.69, 9.17) is 11.3 Å². The van der Waals surface area contributed by atoms with Crippen molar-refractivity contribution in [3.8, 4) is 5.75 Å². The molecule has 31 heavy (non-hydrogen) atoms. The van der Waals surface area contributed by atoms with Gasteiger partial charge in [0.1, 0.15) is 17.8 Å². The van der Waals surface area contributed by atoms with E-state index in [0.29, 0.717) is 18.4 Å². The smallest absolute Gasteiger partial charge is 0.325 e. The van der Waals surface area contributed by atoms with Crippen LogP contribution in [0.2, 0.25) is 0 Å². The predicted molar refractivity (Wildman–Crippen MR) is 117 cm³/mol. The molecule has 0 heterocycles. The van der Waals surface area contributed by atoms with E-state index in [0.717, 1.165) is 6.21 Å². The Kier molecular flexibility index (Phi) is 10.6. The van der Waals surface area contributed by atoms with E-state index in [2.05, 4.69) is 15.4 Å². The van der Waals surface area contributed by atoms with Crippen LogP contribution in [0.25, 0.3) is 5.53 Å². The highest BCUT2D eigenvalue weighted by Crippen LogP contribution is 2.13. The van der Waals surface area contributed by atoms with E-state index in [-0.39, 0.29) is 24.0 Å². The first kappa shape index (κ1) is 26.0. The van der Waals surface area contributed by atoms with Gasteiger partial charge in [-0.2, -0.15) is 4.79 Å². The van der Waals surface area contributed by atoms with Gasteiger partial charge in [0.25, 0.3) is 5.78 Å². The SMILES string of the molecule is CC(C)C[C@H](NC(=O)[C@@H](N)CC(C)C)C(=O)N[C@@H](Cc1ccc(O)cc1)C(=O)C=[N+]=[N-]. The number of nitrogens with two attached hydrogens (primary N) is 1. The summed E-state index contributed by atoms with van der Waals surface area (Å²) in [7, 11) is 0. The van der Waals surface area contributed by atoms with Crippen molar-refractivity contribution in [1.82, 2.24) is 10.6 Å². The van der Waals surface area contributed by atoms with Crippen LogP contribution in [0.1, 0.15) is 46.1 Å². The molecule has 0 aliphatic heterocycles. The molecule has 0 saturated carbocycles. The number of phenolic OH excluding ortho intramolecular Hbond substituents is 1. The predicted octanol–water partition coefficient (Wildman–Crippen LogP) is 1.19. The van der Waals surface area contributed by atoms with E-state index >= 15 is 0 Å². The third-order valence-corrected chi connectivity index (χ3v) is 4.62. The van der Waals surface area contributed by atoms with Crippen molar-refractivity contribution in [1.29, 1.82) is 0 Å². The molecule has 2 amide bonds. The lowest BCUT2D eigenvalue weighted by atomic mass is 9.99. The van der Waals surface area contributed by atoms with Crippen molar-refractivity contribution in [3.05, 3.63) is 35.4 Å². The van der Waals surface area contributed by atoms with E-state index in [1.165, 1.54) is 12.1 Å². The first-order valence-electron chi connectivity index (χ1n) is 10.4. The molecule has 3 atom stereocenters. The molecular weight excluding hydrogens is 398 g/mol. The Balaban J connectivity index is 2.99. The summed E-state index contributed by atoms with van der Waals surface area (Å²) in [5.74, 6) is -1.15. The third-order valence-electron chi connectivity index (χ3n) is 4.62. The fourth-order valence-corrected chi connectivity index (χ4v) is 3.11. The molecule has 0 bridgehead atoms. The number of hydrogen-bond acceptors (Lipinski definition) is 5. The van der Waals surface area contributed by atoms with Gasteiger partial charge >= 0.3 is 6.21 Å². The summed E-state index contributed by atoms with van der Waals surface area (Å²) >= 11 is 0. The number of nitrogens with one attached hydrogen (secondary N) is 2. The molecule has 0 aromatic heterocycles. The second kappa shape index (κ2) is 12.6. The zero-order valence-corrected chi connectivity index (χ0v) is 18.5. The number of hydrogen-bond donors (Lipinski definition) is 4. The minimum atomic E-state index is -1.01. The average Bonchev–Trinajstić information content (AvgIpc) is 2.67. The second-order valence-corrected chi connectivity index (χ2v) is 8.51. The van der Waals surface area contributed by atoms with Crippen LogP contribution < -0.4 is 16.4 Å². The van der Waals surface area contributed by atoms with Crippen molar-refractivity contribution in [2.45, 2.75) is 65.1 Å². The standard InChI is InChI=1S/C22H33N5O4/c1-13(2)9-17(23)21(30)27-19(10-14(3)4)22(31)26-18(20(29)12-25-24)11-15-5-7-16(28)8-6-15/h5-8,12-14,17-19,28H,9-11,23H2,1-4H3,(H,26,31)(H,27,30)/t17-,18-,19-/m0/s1. The molecule has 0 fully saturated rings. The maximum Gasteiger partial charge on any atom is 0.325 e. The van der Waals surface area contributed by atoms with Gasteiger partial charge in [0.05, 0.1) is 6.04 Å². The van der Waals surface area contributed by atoms with Crippen LogP contribution in [0.4, 0.5) is 0 Å². The van der Waals surface area contributed by atoms with Crippen LogP contribution in [0.3, 0.4) is 0 Å². The maximum absolute atomic E-state index is 13.0. The fourth-order valence-electron chi connectivity index (χ4n) is 3.11. The quantitative estimate of drug-likeness (QED) is 0.222. The minimum absolute atomic E-state index is 0.0741. The number of carbonyl (C=O) groups excluding carboxylic acids is 3. The summed E-state index contributed by atoms with van der Waals surface area (Å²) in [5.41, 5.74) is 15.4. The molecule has 0 spiro atoms. The van der Waals surface area contributed by atoms with Crippen molar-refractivity contribution >= 4 is 23.8 Å². The molecule has 5 N–H and O–H groups in total. The highest BCUT2D eigenvalue weighted by atomic mass is 16.3. The first-order valence-corrected chi connectivity index (χ1v) is 10.4. The van der Waals surface area contributed by atoms with Gasteiger partial charge < -0.3 is 27.0 Å². The molecule has 9 heteroatoms. The summed E-state index contributed by atoms with van der Waals surface area (Å²) in [5, 5.41) is 14.8. The Morgan fingerprint density at radius 3 is 2.06 bits per heavy atom. The van der Waals surface area contributed by atoms with Crippen molar-refractivity contribution < 1.29 is 24.3 Å². The number of aromatic hydroxyl groups is 1. The molecule has 0 aliphatic carbocycles. The van der Waals surface area contributed by atoms with Crippen LogP contribution in [0, 0.1) is 11.8 Å². The zero-order valence-electron chi connectivity index (χ0n) is 18.5. The van der Waals surface area contributed by atoms with Gasteiger partial charge in [0, 0.05) is 6.42 Å². The summed E-state index contributed by atoms with van der Waals surface area (Å²) in [4.78, 5) is 40.5. The van der Waals surface area contributed by atoms with E-state index in [1.807, 2.05) is 27.7 Å². The molecule has 0 saturated heterocycles. The van der Waals surface area contributed by atoms with Crippen molar-refractivity contribution in [2.24, 2.45) is 17.6 Å². The molecule has 0 radical (unpaired) electrons. The highest BCUT2D eigenvalue weighted by Gasteiger charge is 2.29. The van der Waals surface area contributed by atoms with Gasteiger partial charge in [0.2, 0.25) is 11.8 Å². The fraction of sp³-hybridized carbons (Fsp3) is 0.545. The van der Waals surface area contributed by atoms with E-state index in [9.17, 15) is 19.5 Å². The average molecular weight is 432 g/mol. The Morgan fingerprint density at radius 1 is 1.00 bits per heavy atom. The maximum atomic E-state index is 13.0. The molecular formula is C22H33N5O4. The summed E-state index contributed by atoms with van der Waals surface area (Å²) in [6.45, 7) is 7.73. The number of carbonyl (C=O) groups is 3. The van der Waals surface area contributed by atoms with Crippen molar-refractivity contribution in [3.63, 3.8) is 0 Å². The van der Waals surface area contributed by atoms with Gasteiger partial charge in [-0.15, -0.1) is 0 Å². The van der Waals surface area contributed by atoms with E-state index in [1.54, 1.807) is 12.1 Å². The Hall–Kier alpha value is -3.03. The van der Waals surface area contributed by atoms with Crippen LogP contribution in [0.15, 0.2) is 24.3 Å². The minimum Gasteiger partial charge on any atom is -0.508 e. The van der Waals surface area contributed by atoms with Gasteiger partial charge in [-0.3, -0.25) is 14.4 Å². The van der Waals surface area contributed by atoms with Gasteiger partial charge in [0.15, 0.2) is 0 Å². The molecule has 1 rings (SSSR count). The van der Waals surface area contributed by atoms with E-state index < -0.39 is 35.7 Å². The summed E-state index contributed by atoms with van der Waals surface area (Å²) < 4.78 is 0. The molecule has 0 aliphatic rings. The van der Waals surface area contributed by atoms with Crippen LogP contribution in [-0.2, 0) is 20.8 Å². The normalized spacial score (nSPS) is 13.8. The lowest BCUT2D eigenvalue weighted by molar-refractivity contribution is -0.131. The lowest BCUT2D eigenvalue weighted by Crippen LogP contribution is -2.55. The largest absolute Gasteiger partial charge is 0.508 e. The molecule has 9 nitrogen and oxygen atoms in total. The van der Waals surface area contributed by atoms with Gasteiger partial charge in [-0.1, -0.05) is 39.8 Å². The molecule has 0 unspecified atom stereocenters. The second-order valence-electron chi connectivity index (χ2n) is 8.51. The number of phenols is 1. The Labute approximate surface area is 183 Å². The summed E-state index contributed by atoms with van der Waals surface area (Å²) in [6, 6.07) is 3.56. The first-order chi connectivity index (χ1) is 14.5. The Bertz CT molecular complexity index is 801. The molecule has 1 aromatic carbocycles. The number of nitrogens with zero attached hydrogens (tertiary/aromatic N) is 2. The highest BCUT2D eigenvalue weighted by molar-refractivity contribution is 6.28. The number of rotatable bonds is 12. The molecule has 170 valence electrons. The number of amides is 2. The van der Waals surface area contributed by atoms with Gasteiger partial charge in [-0.25, -0.2) is 0 Å². The zero-order chi connectivity index (χ0) is 23.6.